The van der Waals surface area contributed by atoms with E-state index < -0.39 is 17.7 Å². The smallest absolute Gasteiger partial charge is 0.295 e. The maximum Gasteiger partial charge on any atom is 0.295 e. The summed E-state index contributed by atoms with van der Waals surface area (Å²) in [6.45, 7) is 4.97. The second-order valence-electron chi connectivity index (χ2n) is 8.84. The molecule has 1 atom stereocenters. The molecule has 0 aliphatic carbocycles. The zero-order chi connectivity index (χ0) is 24.9. The van der Waals surface area contributed by atoms with Crippen molar-refractivity contribution < 1.29 is 28.6 Å². The summed E-state index contributed by atoms with van der Waals surface area (Å²) >= 11 is 0. The molecule has 2 heterocycles. The summed E-state index contributed by atoms with van der Waals surface area (Å²) in [4.78, 5) is 27.6. The van der Waals surface area contributed by atoms with Crippen LogP contribution in [-0.4, -0.2) is 42.0 Å². The summed E-state index contributed by atoms with van der Waals surface area (Å²) in [5.41, 5.74) is 1.42. The van der Waals surface area contributed by atoms with Crippen LogP contribution in [0.15, 0.2) is 76.9 Å². The molecular weight excluding hydrogens is 446 g/mol. The lowest BCUT2D eigenvalue weighted by atomic mass is 9.99. The normalized spacial score (nSPS) is 17.3. The van der Waals surface area contributed by atoms with Crippen LogP contribution < -0.4 is 9.47 Å². The number of methoxy groups -OCH3 is 1. The maximum absolute atomic E-state index is 13.1. The van der Waals surface area contributed by atoms with E-state index in [0.29, 0.717) is 36.0 Å². The number of aliphatic hydroxyl groups is 1. The fraction of sp³-hybridized carbons (Fsp3) is 0.286. The van der Waals surface area contributed by atoms with E-state index in [2.05, 4.69) is 13.8 Å². The summed E-state index contributed by atoms with van der Waals surface area (Å²) in [6.07, 6.45) is 2.01. The summed E-state index contributed by atoms with van der Waals surface area (Å²) < 4.78 is 16.5. The van der Waals surface area contributed by atoms with E-state index in [1.807, 2.05) is 24.3 Å². The van der Waals surface area contributed by atoms with Crippen LogP contribution in [0.4, 0.5) is 0 Å². The Labute approximate surface area is 204 Å². The van der Waals surface area contributed by atoms with E-state index in [1.54, 1.807) is 43.5 Å². The Morgan fingerprint density at radius 1 is 1.03 bits per heavy atom. The van der Waals surface area contributed by atoms with Crippen molar-refractivity contribution in [1.82, 2.24) is 4.90 Å². The molecule has 1 saturated heterocycles. The van der Waals surface area contributed by atoms with Crippen LogP contribution in [0.3, 0.4) is 0 Å². The maximum atomic E-state index is 13.1. The van der Waals surface area contributed by atoms with E-state index >= 15 is 0 Å². The van der Waals surface area contributed by atoms with Gasteiger partial charge in [0.25, 0.3) is 11.7 Å². The lowest BCUT2D eigenvalue weighted by molar-refractivity contribution is -0.140. The number of nitrogens with zero attached hydrogens (tertiary/aromatic N) is 1. The molecule has 1 aliphatic heterocycles. The van der Waals surface area contributed by atoms with Crippen molar-refractivity contribution >= 4 is 17.4 Å². The molecule has 35 heavy (non-hydrogen) atoms. The molecule has 4 rings (SSSR count). The largest absolute Gasteiger partial charge is 0.507 e. The Morgan fingerprint density at radius 3 is 2.31 bits per heavy atom. The summed E-state index contributed by atoms with van der Waals surface area (Å²) in [5, 5.41) is 11.1. The topological polar surface area (TPSA) is 89.2 Å². The molecular formula is C28H29NO6. The first-order chi connectivity index (χ1) is 16.9. The molecule has 1 aromatic heterocycles. The first-order valence-corrected chi connectivity index (χ1v) is 11.6. The van der Waals surface area contributed by atoms with Crippen molar-refractivity contribution in [2.75, 3.05) is 20.3 Å². The molecule has 0 bridgehead atoms. The third-order valence-electron chi connectivity index (χ3n) is 5.86. The van der Waals surface area contributed by atoms with Crippen molar-refractivity contribution in [1.29, 1.82) is 0 Å². The van der Waals surface area contributed by atoms with E-state index in [-0.39, 0.29) is 17.9 Å². The third-order valence-corrected chi connectivity index (χ3v) is 5.86. The minimum absolute atomic E-state index is 0.00975. The first kappa shape index (κ1) is 24.1. The van der Waals surface area contributed by atoms with Crippen LogP contribution in [0.1, 0.15) is 36.8 Å². The molecule has 7 heteroatoms. The average Bonchev–Trinajstić information content (AvgIpc) is 3.48. The van der Waals surface area contributed by atoms with Crippen molar-refractivity contribution in [3.05, 3.63) is 89.4 Å². The minimum atomic E-state index is -0.819. The Hall–Kier alpha value is -4.00. The van der Waals surface area contributed by atoms with Crippen LogP contribution in [0, 0.1) is 5.92 Å². The Kier molecular flexibility index (Phi) is 7.25. The predicted octanol–water partition coefficient (Wildman–Crippen LogP) is 4.99. The number of carbonyl (C=O) groups excluding carboxylic acids is 2. The Balaban J connectivity index is 1.63. The van der Waals surface area contributed by atoms with Gasteiger partial charge < -0.3 is 23.9 Å². The van der Waals surface area contributed by atoms with Gasteiger partial charge in [-0.05, 0) is 66.4 Å². The summed E-state index contributed by atoms with van der Waals surface area (Å²) in [6, 6.07) is 16.9. The van der Waals surface area contributed by atoms with E-state index in [4.69, 9.17) is 13.9 Å². The molecule has 1 aliphatic rings. The van der Waals surface area contributed by atoms with Crippen molar-refractivity contribution in [2.24, 2.45) is 5.92 Å². The number of benzene rings is 2. The van der Waals surface area contributed by atoms with Crippen molar-refractivity contribution in [2.45, 2.75) is 26.3 Å². The van der Waals surface area contributed by atoms with Gasteiger partial charge >= 0.3 is 0 Å². The van der Waals surface area contributed by atoms with E-state index in [0.717, 1.165) is 11.3 Å². The first-order valence-electron chi connectivity index (χ1n) is 11.6. The lowest BCUT2D eigenvalue weighted by Gasteiger charge is -2.23. The zero-order valence-corrected chi connectivity index (χ0v) is 20.1. The number of hydrogen-bond acceptors (Lipinski definition) is 6. The fourth-order valence-corrected chi connectivity index (χ4v) is 4.02. The number of amides is 1. The highest BCUT2D eigenvalue weighted by atomic mass is 16.5. The number of furan rings is 1. The number of likely N-dealkylation sites (tertiary alicyclic amines) is 1. The average molecular weight is 476 g/mol. The highest BCUT2D eigenvalue weighted by Crippen LogP contribution is 2.39. The Bertz CT molecular complexity index is 1190. The minimum Gasteiger partial charge on any atom is -0.507 e. The van der Waals surface area contributed by atoms with Crippen LogP contribution in [0.25, 0.3) is 5.76 Å². The molecule has 1 amide bonds. The SMILES string of the molecule is COc1ccc(CCN2C(=O)C(=O)/C(=C(\O)c3ccc(OCC(C)C)cc3)C2c2ccco2)cc1. The van der Waals surface area contributed by atoms with Crippen molar-refractivity contribution in [3.63, 3.8) is 0 Å². The molecule has 182 valence electrons. The highest BCUT2D eigenvalue weighted by molar-refractivity contribution is 6.46. The molecule has 0 radical (unpaired) electrons. The molecule has 2 aromatic carbocycles. The second kappa shape index (κ2) is 10.5. The number of hydrogen-bond donors (Lipinski definition) is 1. The quantitative estimate of drug-likeness (QED) is 0.267. The van der Waals surface area contributed by atoms with Gasteiger partial charge in [0.15, 0.2) is 0 Å². The predicted molar refractivity (Wildman–Crippen MR) is 131 cm³/mol. The standard InChI is InChI=1S/C28H29NO6/c1-18(2)17-35-22-12-8-20(9-13-22)26(30)24-25(23-5-4-16-34-23)29(28(32)27(24)31)15-14-19-6-10-21(33-3)11-7-19/h4-13,16,18,25,30H,14-15,17H2,1-3H3/b26-24-. The van der Waals surface area contributed by atoms with Gasteiger partial charge in [-0.1, -0.05) is 26.0 Å². The van der Waals surface area contributed by atoms with Crippen LogP contribution in [0.2, 0.25) is 0 Å². The second-order valence-corrected chi connectivity index (χ2v) is 8.84. The van der Waals surface area contributed by atoms with Gasteiger partial charge in [0.1, 0.15) is 29.1 Å². The van der Waals surface area contributed by atoms with Gasteiger partial charge in [0, 0.05) is 12.1 Å². The van der Waals surface area contributed by atoms with Crippen LogP contribution in [-0.2, 0) is 16.0 Å². The fourth-order valence-electron chi connectivity index (χ4n) is 4.02. The molecule has 0 saturated carbocycles. The third kappa shape index (κ3) is 5.24. The molecule has 7 nitrogen and oxygen atoms in total. The van der Waals surface area contributed by atoms with Crippen LogP contribution >= 0.6 is 0 Å². The number of carbonyl (C=O) groups is 2. The van der Waals surface area contributed by atoms with Gasteiger partial charge in [0.05, 0.1) is 25.6 Å². The van der Waals surface area contributed by atoms with E-state index in [9.17, 15) is 14.7 Å². The van der Waals surface area contributed by atoms with Crippen LogP contribution in [0.5, 0.6) is 11.5 Å². The number of ketones is 1. The van der Waals surface area contributed by atoms with E-state index in [1.165, 1.54) is 11.2 Å². The van der Waals surface area contributed by atoms with Crippen molar-refractivity contribution in [3.8, 4) is 11.5 Å². The highest BCUT2D eigenvalue weighted by Gasteiger charge is 2.47. The van der Waals surface area contributed by atoms with Gasteiger partial charge in [-0.25, -0.2) is 0 Å². The molecule has 0 spiro atoms. The molecule has 1 fully saturated rings. The van der Waals surface area contributed by atoms with Gasteiger partial charge in [-0.15, -0.1) is 0 Å². The lowest BCUT2D eigenvalue weighted by Crippen LogP contribution is -2.31. The number of Topliss-reactive ketones (excluding diaryl/α,β-unsaturated/α-hetero) is 1. The number of aliphatic hydroxyl groups excluding tert-OH is 1. The molecule has 1 unspecified atom stereocenters. The monoisotopic (exact) mass is 475 g/mol. The molecule has 3 aromatic rings. The summed E-state index contributed by atoms with van der Waals surface area (Å²) in [5.74, 6) is 0.551. The zero-order valence-electron chi connectivity index (χ0n) is 20.1. The summed E-state index contributed by atoms with van der Waals surface area (Å²) in [7, 11) is 1.60. The van der Waals surface area contributed by atoms with Gasteiger partial charge in [-0.3, -0.25) is 9.59 Å². The molecule has 1 N–H and O–H groups in total. The van der Waals surface area contributed by atoms with Gasteiger partial charge in [-0.2, -0.15) is 0 Å². The Morgan fingerprint density at radius 2 is 1.71 bits per heavy atom. The number of ether oxygens (including phenoxy) is 2. The number of rotatable bonds is 9. The van der Waals surface area contributed by atoms with Gasteiger partial charge in [0.2, 0.25) is 0 Å².